The van der Waals surface area contributed by atoms with E-state index in [4.69, 9.17) is 0 Å². The fourth-order valence-corrected chi connectivity index (χ4v) is 3.94. The van der Waals surface area contributed by atoms with Crippen LogP contribution in [-0.2, 0) is 9.53 Å². The summed E-state index contributed by atoms with van der Waals surface area (Å²) in [6, 6.07) is 0. The number of rotatable bonds is 6. The van der Waals surface area contributed by atoms with E-state index < -0.39 is 0 Å². The third-order valence-electron chi connectivity index (χ3n) is 5.09. The van der Waals surface area contributed by atoms with E-state index in [1.807, 2.05) is 0 Å². The summed E-state index contributed by atoms with van der Waals surface area (Å²) in [5.41, 5.74) is 0. The van der Waals surface area contributed by atoms with Crippen LogP contribution in [0.1, 0.15) is 51.9 Å². The zero-order chi connectivity index (χ0) is 13.0. The molecule has 0 radical (unpaired) electrons. The van der Waals surface area contributed by atoms with Crippen LogP contribution in [0.4, 0.5) is 0 Å². The molecule has 4 atom stereocenters. The summed E-state index contributed by atoms with van der Waals surface area (Å²) >= 11 is 0. The molecule has 2 aliphatic carbocycles. The number of hydrogen-bond donors (Lipinski definition) is 0. The smallest absolute Gasteiger partial charge is 0.305 e. The van der Waals surface area contributed by atoms with Gasteiger partial charge in [-0.1, -0.05) is 19.1 Å². The molecule has 2 fully saturated rings. The summed E-state index contributed by atoms with van der Waals surface area (Å²) < 4.78 is 4.62. The van der Waals surface area contributed by atoms with Gasteiger partial charge < -0.3 is 4.74 Å². The first-order valence-electron chi connectivity index (χ1n) is 7.44. The lowest BCUT2D eigenvalue weighted by molar-refractivity contribution is -0.140. The van der Waals surface area contributed by atoms with Crippen LogP contribution in [0.25, 0.3) is 0 Å². The van der Waals surface area contributed by atoms with Crippen molar-refractivity contribution in [2.24, 2.45) is 23.7 Å². The molecule has 0 aromatic rings. The van der Waals surface area contributed by atoms with Crippen LogP contribution >= 0.6 is 0 Å². The number of hydrogen-bond acceptors (Lipinski definition) is 2. The lowest BCUT2D eigenvalue weighted by atomic mass is 9.78. The van der Waals surface area contributed by atoms with Gasteiger partial charge in [-0.25, -0.2) is 0 Å². The van der Waals surface area contributed by atoms with Gasteiger partial charge in [0.25, 0.3) is 0 Å². The van der Waals surface area contributed by atoms with Crippen molar-refractivity contribution >= 4 is 5.97 Å². The summed E-state index contributed by atoms with van der Waals surface area (Å²) in [6.07, 6.45) is 12.7. The van der Waals surface area contributed by atoms with Crippen LogP contribution in [0.3, 0.4) is 0 Å². The normalized spacial score (nSPS) is 34.3. The Kier molecular flexibility index (Phi) is 4.85. The van der Waals surface area contributed by atoms with Gasteiger partial charge in [-0.15, -0.1) is 0 Å². The monoisotopic (exact) mass is 250 g/mol. The van der Waals surface area contributed by atoms with Crippen molar-refractivity contribution in [2.75, 3.05) is 7.11 Å². The first kappa shape index (κ1) is 13.6. The van der Waals surface area contributed by atoms with Crippen molar-refractivity contribution in [3.63, 3.8) is 0 Å². The van der Waals surface area contributed by atoms with Crippen LogP contribution < -0.4 is 0 Å². The molecule has 0 aromatic heterocycles. The molecule has 2 aliphatic rings. The second-order valence-electron chi connectivity index (χ2n) is 6.03. The van der Waals surface area contributed by atoms with Gasteiger partial charge in [-0.05, 0) is 62.2 Å². The van der Waals surface area contributed by atoms with E-state index in [9.17, 15) is 4.79 Å². The van der Waals surface area contributed by atoms with Crippen molar-refractivity contribution < 1.29 is 9.53 Å². The maximum atomic E-state index is 10.9. The first-order valence-corrected chi connectivity index (χ1v) is 7.44. The van der Waals surface area contributed by atoms with Crippen LogP contribution in [0, 0.1) is 23.7 Å². The standard InChI is InChI=1S/C16H26O2/c1-12-13-9-10-14(11-13)15(12)7-5-3-4-6-8-16(17)18-2/h3,5,12-15H,4,6-11H2,1-2H3/b5-3-/t12-,13-,14+,15+/m1/s1. The Morgan fingerprint density at radius 1 is 1.28 bits per heavy atom. The number of methoxy groups -OCH3 is 1. The van der Waals surface area contributed by atoms with Crippen LogP contribution in [0.2, 0.25) is 0 Å². The number of esters is 1. The molecule has 2 heteroatoms. The lowest BCUT2D eigenvalue weighted by Gasteiger charge is -2.27. The summed E-state index contributed by atoms with van der Waals surface area (Å²) in [5, 5.41) is 0. The largest absolute Gasteiger partial charge is 0.469 e. The first-order chi connectivity index (χ1) is 8.72. The van der Waals surface area contributed by atoms with E-state index in [1.54, 1.807) is 0 Å². The van der Waals surface area contributed by atoms with Gasteiger partial charge in [-0.2, -0.15) is 0 Å². The molecule has 2 bridgehead atoms. The Morgan fingerprint density at radius 2 is 2.06 bits per heavy atom. The summed E-state index contributed by atoms with van der Waals surface area (Å²) in [5.74, 6) is 3.80. The minimum atomic E-state index is -0.0925. The topological polar surface area (TPSA) is 26.3 Å². The second-order valence-corrected chi connectivity index (χ2v) is 6.03. The Morgan fingerprint density at radius 3 is 2.72 bits per heavy atom. The molecule has 18 heavy (non-hydrogen) atoms. The molecular weight excluding hydrogens is 224 g/mol. The van der Waals surface area contributed by atoms with E-state index in [-0.39, 0.29) is 5.97 Å². The van der Waals surface area contributed by atoms with Gasteiger partial charge >= 0.3 is 5.97 Å². The molecule has 0 aromatic carbocycles. The zero-order valence-electron chi connectivity index (χ0n) is 11.7. The Labute approximate surface area is 111 Å². The minimum Gasteiger partial charge on any atom is -0.469 e. The van der Waals surface area contributed by atoms with Gasteiger partial charge in [0, 0.05) is 6.42 Å². The average molecular weight is 250 g/mol. The van der Waals surface area contributed by atoms with Gasteiger partial charge in [0.05, 0.1) is 7.11 Å². The Bertz CT molecular complexity index is 306. The number of carbonyl (C=O) groups is 1. The summed E-state index contributed by atoms with van der Waals surface area (Å²) in [4.78, 5) is 10.9. The van der Waals surface area contributed by atoms with Crippen LogP contribution in [0.5, 0.6) is 0 Å². The third-order valence-corrected chi connectivity index (χ3v) is 5.09. The number of carbonyl (C=O) groups excluding carboxylic acids is 1. The zero-order valence-corrected chi connectivity index (χ0v) is 11.7. The molecule has 0 aliphatic heterocycles. The molecule has 2 rings (SSSR count). The van der Waals surface area contributed by atoms with Crippen molar-refractivity contribution in [3.05, 3.63) is 12.2 Å². The highest BCUT2D eigenvalue weighted by atomic mass is 16.5. The van der Waals surface area contributed by atoms with Crippen LogP contribution in [0.15, 0.2) is 12.2 Å². The SMILES string of the molecule is COC(=O)CCC/C=C\C[C@@H]1[C@H]2CC[C@H](C2)[C@H]1C. The average Bonchev–Trinajstić information content (AvgIpc) is 2.95. The van der Waals surface area contributed by atoms with Gasteiger partial charge in [-0.3, -0.25) is 4.79 Å². The van der Waals surface area contributed by atoms with E-state index in [0.717, 1.165) is 36.5 Å². The molecule has 0 saturated heterocycles. The lowest BCUT2D eigenvalue weighted by Crippen LogP contribution is -2.18. The van der Waals surface area contributed by atoms with Crippen LogP contribution in [-0.4, -0.2) is 13.1 Å². The van der Waals surface area contributed by atoms with Crippen molar-refractivity contribution in [3.8, 4) is 0 Å². The highest BCUT2D eigenvalue weighted by Gasteiger charge is 2.44. The molecule has 0 unspecified atom stereocenters. The predicted octanol–water partition coefficient (Wildman–Crippen LogP) is 3.96. The van der Waals surface area contributed by atoms with Gasteiger partial charge in [0.2, 0.25) is 0 Å². The van der Waals surface area contributed by atoms with E-state index in [2.05, 4.69) is 23.8 Å². The fraction of sp³-hybridized carbons (Fsp3) is 0.812. The summed E-state index contributed by atoms with van der Waals surface area (Å²) in [6.45, 7) is 2.44. The number of ether oxygens (including phenoxy) is 1. The molecule has 2 saturated carbocycles. The molecule has 0 amide bonds. The third kappa shape index (κ3) is 3.15. The highest BCUT2D eigenvalue weighted by molar-refractivity contribution is 5.68. The maximum absolute atomic E-state index is 10.9. The second kappa shape index (κ2) is 6.40. The molecule has 102 valence electrons. The predicted molar refractivity (Wildman–Crippen MR) is 73.1 cm³/mol. The fourth-order valence-electron chi connectivity index (χ4n) is 3.94. The van der Waals surface area contributed by atoms with Gasteiger partial charge in [0.1, 0.15) is 0 Å². The molecular formula is C16H26O2. The van der Waals surface area contributed by atoms with E-state index >= 15 is 0 Å². The molecule has 0 heterocycles. The molecule has 0 N–H and O–H groups in total. The Hall–Kier alpha value is -0.790. The van der Waals surface area contributed by atoms with Gasteiger partial charge in [0.15, 0.2) is 0 Å². The molecule has 2 nitrogen and oxygen atoms in total. The van der Waals surface area contributed by atoms with E-state index in [1.165, 1.54) is 32.8 Å². The van der Waals surface area contributed by atoms with Crippen molar-refractivity contribution in [2.45, 2.75) is 51.9 Å². The molecule has 0 spiro atoms. The van der Waals surface area contributed by atoms with Crippen molar-refractivity contribution in [1.29, 1.82) is 0 Å². The summed E-state index contributed by atoms with van der Waals surface area (Å²) in [7, 11) is 1.45. The number of fused-ring (bicyclic) bond motifs is 2. The minimum absolute atomic E-state index is 0.0925. The Balaban J connectivity index is 1.61. The van der Waals surface area contributed by atoms with Crippen molar-refractivity contribution in [1.82, 2.24) is 0 Å². The van der Waals surface area contributed by atoms with E-state index in [0.29, 0.717) is 6.42 Å². The number of unbranched alkanes of at least 4 members (excludes halogenated alkanes) is 1. The highest BCUT2D eigenvalue weighted by Crippen LogP contribution is 2.53. The maximum Gasteiger partial charge on any atom is 0.305 e. The number of allylic oxidation sites excluding steroid dienone is 2. The quantitative estimate of drug-likeness (QED) is 0.405.